The van der Waals surface area contributed by atoms with Crippen LogP contribution in [0.5, 0.6) is 0 Å². The predicted octanol–water partition coefficient (Wildman–Crippen LogP) is 1.71. The van der Waals surface area contributed by atoms with E-state index in [4.69, 9.17) is 16.2 Å². The molecular weight excluding hydrogens is 238 g/mol. The molecule has 4 N–H and O–H groups in total. The monoisotopic (exact) mass is 269 g/mol. The number of rotatable bonds is 8. The summed E-state index contributed by atoms with van der Waals surface area (Å²) in [4.78, 5) is 2.46. The van der Waals surface area contributed by atoms with Gasteiger partial charge in [-0.1, -0.05) is 26.3 Å². The van der Waals surface area contributed by atoms with Crippen LogP contribution >= 0.6 is 0 Å². The van der Waals surface area contributed by atoms with E-state index in [2.05, 4.69) is 24.8 Å². The van der Waals surface area contributed by atoms with Gasteiger partial charge in [-0.2, -0.15) is 0 Å². The van der Waals surface area contributed by atoms with Crippen LogP contribution in [-0.4, -0.2) is 44.3 Å². The molecule has 1 fully saturated rings. The van der Waals surface area contributed by atoms with Crippen molar-refractivity contribution in [1.82, 2.24) is 4.90 Å². The maximum absolute atomic E-state index is 6.13. The van der Waals surface area contributed by atoms with Gasteiger partial charge in [-0.3, -0.25) is 4.90 Å². The second-order valence-corrected chi connectivity index (χ2v) is 6.20. The molecule has 0 unspecified atom stereocenters. The van der Waals surface area contributed by atoms with Gasteiger partial charge in [-0.25, -0.2) is 0 Å². The molecule has 0 atom stereocenters. The summed E-state index contributed by atoms with van der Waals surface area (Å²) >= 11 is 0. The van der Waals surface area contributed by atoms with Crippen molar-refractivity contribution in [1.29, 1.82) is 0 Å². The minimum atomic E-state index is 0.134. The predicted molar refractivity (Wildman–Crippen MR) is 80.8 cm³/mol. The molecule has 112 valence electrons. The molecule has 1 aliphatic heterocycles. The average molecular weight is 269 g/mol. The Hall–Kier alpha value is -0.580. The quantitative estimate of drug-likeness (QED) is 0.658. The zero-order valence-electron chi connectivity index (χ0n) is 12.7. The number of hydrogen-bond acceptors (Lipinski definition) is 4. The minimum absolute atomic E-state index is 0.134. The first kappa shape index (κ1) is 16.5. The summed E-state index contributed by atoms with van der Waals surface area (Å²) in [6.45, 7) is 10.1. The van der Waals surface area contributed by atoms with E-state index < -0.39 is 0 Å². The van der Waals surface area contributed by atoms with Crippen LogP contribution in [0.1, 0.15) is 39.5 Å². The van der Waals surface area contributed by atoms with Crippen LogP contribution in [0.15, 0.2) is 11.8 Å². The second-order valence-electron chi connectivity index (χ2n) is 6.20. The van der Waals surface area contributed by atoms with E-state index in [9.17, 15) is 0 Å². The number of morpholine rings is 1. The van der Waals surface area contributed by atoms with Crippen molar-refractivity contribution in [2.24, 2.45) is 16.9 Å². The zero-order valence-corrected chi connectivity index (χ0v) is 12.7. The van der Waals surface area contributed by atoms with E-state index in [1.54, 1.807) is 0 Å². The van der Waals surface area contributed by atoms with E-state index in [1.165, 1.54) is 6.42 Å². The highest BCUT2D eigenvalue weighted by molar-refractivity contribution is 5.05. The fraction of sp³-hybridized carbons (Fsp3) is 0.867. The third kappa shape index (κ3) is 7.55. The number of nitrogens with two attached hydrogens (primary N) is 2. The molecule has 0 amide bonds. The molecule has 1 rings (SSSR count). The maximum atomic E-state index is 6.13. The van der Waals surface area contributed by atoms with E-state index in [0.29, 0.717) is 0 Å². The van der Waals surface area contributed by atoms with Crippen molar-refractivity contribution < 1.29 is 4.74 Å². The largest absolute Gasteiger partial charge is 0.402 e. The van der Waals surface area contributed by atoms with Crippen molar-refractivity contribution in [2.45, 2.75) is 39.5 Å². The first-order chi connectivity index (χ1) is 9.03. The molecule has 1 aliphatic rings. The molecule has 0 radical (unpaired) electrons. The van der Waals surface area contributed by atoms with Gasteiger partial charge in [0, 0.05) is 25.3 Å². The summed E-state index contributed by atoms with van der Waals surface area (Å²) in [7, 11) is 0. The van der Waals surface area contributed by atoms with Gasteiger partial charge in [0.1, 0.15) is 0 Å². The molecule has 0 spiro atoms. The standard InChI is InChI=1S/C15H31N3O/c1-15(2,13-18-8-10-19-11-9-18)12-14(17)6-4-3-5-7-16/h12H,3-11,13,16-17H2,1-2H3. The van der Waals surface area contributed by atoms with Gasteiger partial charge in [-0.05, 0) is 31.2 Å². The van der Waals surface area contributed by atoms with Crippen molar-refractivity contribution in [2.75, 3.05) is 39.4 Å². The van der Waals surface area contributed by atoms with Crippen molar-refractivity contribution in [3.8, 4) is 0 Å². The number of unbranched alkanes of at least 4 members (excludes halogenated alkanes) is 2. The Morgan fingerprint density at radius 3 is 2.53 bits per heavy atom. The Morgan fingerprint density at radius 2 is 1.89 bits per heavy atom. The lowest BCUT2D eigenvalue weighted by Crippen LogP contribution is -2.41. The molecule has 4 nitrogen and oxygen atoms in total. The summed E-state index contributed by atoms with van der Waals surface area (Å²) in [5, 5.41) is 0. The van der Waals surface area contributed by atoms with Gasteiger partial charge >= 0.3 is 0 Å². The number of hydrogen-bond donors (Lipinski definition) is 2. The topological polar surface area (TPSA) is 64.5 Å². The van der Waals surface area contributed by atoms with Crippen LogP contribution in [0.2, 0.25) is 0 Å². The van der Waals surface area contributed by atoms with Crippen LogP contribution in [-0.2, 0) is 4.74 Å². The number of nitrogens with zero attached hydrogens (tertiary/aromatic N) is 1. The smallest absolute Gasteiger partial charge is 0.0594 e. The average Bonchev–Trinajstić information content (AvgIpc) is 2.34. The van der Waals surface area contributed by atoms with Crippen molar-refractivity contribution in [3.05, 3.63) is 11.8 Å². The first-order valence-electron chi connectivity index (χ1n) is 7.51. The summed E-state index contributed by atoms with van der Waals surface area (Å²) in [5.74, 6) is 0. The Kier molecular flexibility index (Phi) is 7.42. The maximum Gasteiger partial charge on any atom is 0.0594 e. The lowest BCUT2D eigenvalue weighted by molar-refractivity contribution is 0.0267. The van der Waals surface area contributed by atoms with E-state index >= 15 is 0 Å². The number of allylic oxidation sites excluding steroid dienone is 1. The Balaban J connectivity index is 2.33. The third-order valence-electron chi connectivity index (χ3n) is 3.48. The minimum Gasteiger partial charge on any atom is -0.402 e. The van der Waals surface area contributed by atoms with Gasteiger partial charge < -0.3 is 16.2 Å². The number of ether oxygens (including phenoxy) is 1. The normalized spacial score (nSPS) is 18.8. The van der Waals surface area contributed by atoms with Gasteiger partial charge in [0.25, 0.3) is 0 Å². The van der Waals surface area contributed by atoms with E-state index in [1.807, 2.05) is 0 Å². The van der Waals surface area contributed by atoms with Crippen molar-refractivity contribution in [3.63, 3.8) is 0 Å². The summed E-state index contributed by atoms with van der Waals surface area (Å²) in [5.41, 5.74) is 12.8. The van der Waals surface area contributed by atoms with Crippen LogP contribution in [0.3, 0.4) is 0 Å². The van der Waals surface area contributed by atoms with E-state index in [-0.39, 0.29) is 5.41 Å². The van der Waals surface area contributed by atoms with Crippen LogP contribution in [0.4, 0.5) is 0 Å². The summed E-state index contributed by atoms with van der Waals surface area (Å²) < 4.78 is 5.38. The first-order valence-corrected chi connectivity index (χ1v) is 7.51. The molecule has 0 saturated carbocycles. The molecule has 4 heteroatoms. The van der Waals surface area contributed by atoms with Gasteiger partial charge in [0.15, 0.2) is 0 Å². The van der Waals surface area contributed by atoms with E-state index in [0.717, 1.165) is 64.4 Å². The van der Waals surface area contributed by atoms with Crippen LogP contribution in [0.25, 0.3) is 0 Å². The molecule has 0 bridgehead atoms. The van der Waals surface area contributed by atoms with Gasteiger partial charge in [0.05, 0.1) is 13.2 Å². The van der Waals surface area contributed by atoms with Crippen LogP contribution in [0, 0.1) is 5.41 Å². The summed E-state index contributed by atoms with van der Waals surface area (Å²) in [6, 6.07) is 0. The van der Waals surface area contributed by atoms with Crippen LogP contribution < -0.4 is 11.5 Å². The lowest BCUT2D eigenvalue weighted by atomic mass is 9.90. The molecular formula is C15H31N3O. The molecule has 1 heterocycles. The van der Waals surface area contributed by atoms with Gasteiger partial charge in [-0.15, -0.1) is 0 Å². The highest BCUT2D eigenvalue weighted by Gasteiger charge is 2.21. The molecule has 0 aromatic rings. The molecule has 1 saturated heterocycles. The Bertz CT molecular complexity index is 271. The molecule has 0 aromatic carbocycles. The molecule has 19 heavy (non-hydrogen) atoms. The Morgan fingerprint density at radius 1 is 1.21 bits per heavy atom. The fourth-order valence-corrected chi connectivity index (χ4v) is 2.61. The molecule has 0 aromatic heterocycles. The Labute approximate surface area is 118 Å². The third-order valence-corrected chi connectivity index (χ3v) is 3.48. The molecule has 0 aliphatic carbocycles. The van der Waals surface area contributed by atoms with Gasteiger partial charge in [0.2, 0.25) is 0 Å². The van der Waals surface area contributed by atoms with Crippen molar-refractivity contribution >= 4 is 0 Å². The lowest BCUT2D eigenvalue weighted by Gasteiger charge is -2.33. The highest BCUT2D eigenvalue weighted by Crippen LogP contribution is 2.22. The zero-order chi connectivity index (χ0) is 14.1. The SMILES string of the molecule is CC(C)(C=C(N)CCCCCN)CN1CCOCC1. The second kappa shape index (κ2) is 8.56. The summed E-state index contributed by atoms with van der Waals surface area (Å²) in [6.07, 6.45) is 6.66. The fourth-order valence-electron chi connectivity index (χ4n) is 2.61. The highest BCUT2D eigenvalue weighted by atomic mass is 16.5.